The Kier molecular flexibility index (Phi) is 4.48. The summed E-state index contributed by atoms with van der Waals surface area (Å²) in [5, 5.41) is 11.0. The first kappa shape index (κ1) is 17.7. The Morgan fingerprint density at radius 3 is 2.86 bits per heavy atom. The molecule has 0 radical (unpaired) electrons. The second-order valence-electron chi connectivity index (χ2n) is 6.26. The lowest BCUT2D eigenvalue weighted by Crippen LogP contribution is -2.19. The van der Waals surface area contributed by atoms with E-state index in [1.165, 1.54) is 28.4 Å². The smallest absolute Gasteiger partial charge is 0.249 e. The van der Waals surface area contributed by atoms with Crippen molar-refractivity contribution >= 4 is 17.5 Å². The third-order valence-corrected chi connectivity index (χ3v) is 4.12. The van der Waals surface area contributed by atoms with Gasteiger partial charge in [0.1, 0.15) is 18.1 Å². The Morgan fingerprint density at radius 1 is 1.25 bits per heavy atom. The molecule has 0 saturated carbocycles. The van der Waals surface area contributed by atoms with Crippen molar-refractivity contribution in [3.05, 3.63) is 60.3 Å². The largest absolute Gasteiger partial charge is 0.496 e. The number of carbonyl (C=O) groups is 1. The number of nitrogens with one attached hydrogen (secondary N) is 1. The Hall–Kier alpha value is -3.75. The van der Waals surface area contributed by atoms with E-state index in [0.717, 1.165) is 5.56 Å². The van der Waals surface area contributed by atoms with Gasteiger partial charge in [-0.15, -0.1) is 5.10 Å². The first-order chi connectivity index (χ1) is 13.5. The number of aryl methyl sites for hydroxylation is 1. The summed E-state index contributed by atoms with van der Waals surface area (Å²) >= 11 is 0. The Balaban J connectivity index is 1.58. The van der Waals surface area contributed by atoms with Gasteiger partial charge < -0.3 is 4.74 Å². The number of carbonyl (C=O) groups excluding carboxylic acids is 1. The van der Waals surface area contributed by atoms with Crippen LogP contribution in [0.1, 0.15) is 5.56 Å². The number of halogens is 1. The number of benzene rings is 1. The summed E-state index contributed by atoms with van der Waals surface area (Å²) in [5.74, 6) is 0.0727. The van der Waals surface area contributed by atoms with Crippen LogP contribution in [0.5, 0.6) is 5.75 Å². The van der Waals surface area contributed by atoms with Crippen molar-refractivity contribution in [3.8, 4) is 16.9 Å². The second kappa shape index (κ2) is 7.10. The minimum Gasteiger partial charge on any atom is -0.496 e. The van der Waals surface area contributed by atoms with Gasteiger partial charge in [-0.1, -0.05) is 0 Å². The van der Waals surface area contributed by atoms with Crippen molar-refractivity contribution in [2.24, 2.45) is 0 Å². The molecule has 142 valence electrons. The zero-order valence-corrected chi connectivity index (χ0v) is 15.3. The van der Waals surface area contributed by atoms with Gasteiger partial charge in [-0.2, -0.15) is 10.1 Å². The van der Waals surface area contributed by atoms with Gasteiger partial charge in [0, 0.05) is 23.5 Å². The first-order valence-electron chi connectivity index (χ1n) is 8.51. The van der Waals surface area contributed by atoms with E-state index < -0.39 is 0 Å². The van der Waals surface area contributed by atoms with E-state index in [2.05, 4.69) is 20.5 Å². The number of methoxy groups -OCH3 is 1. The predicted molar refractivity (Wildman–Crippen MR) is 101 cm³/mol. The van der Waals surface area contributed by atoms with Crippen LogP contribution in [0.2, 0.25) is 0 Å². The van der Waals surface area contributed by atoms with Crippen LogP contribution in [0.4, 0.5) is 10.3 Å². The van der Waals surface area contributed by atoms with Crippen LogP contribution in [0, 0.1) is 12.7 Å². The SMILES string of the molecule is COc1ccc(F)cc1-c1ccc2nc(NC(=O)Cn3cc(C)cn3)nn2c1. The molecule has 0 aliphatic carbocycles. The number of fused-ring (bicyclic) bond motifs is 1. The first-order valence-corrected chi connectivity index (χ1v) is 8.51. The molecule has 1 amide bonds. The number of anilines is 1. The predicted octanol–water partition coefficient (Wildman–Crippen LogP) is 2.69. The number of aromatic nitrogens is 5. The van der Waals surface area contributed by atoms with Gasteiger partial charge in [-0.05, 0) is 42.8 Å². The number of hydrogen-bond acceptors (Lipinski definition) is 5. The van der Waals surface area contributed by atoms with E-state index in [-0.39, 0.29) is 24.2 Å². The molecule has 0 saturated heterocycles. The van der Waals surface area contributed by atoms with E-state index in [0.29, 0.717) is 22.5 Å². The maximum absolute atomic E-state index is 13.7. The van der Waals surface area contributed by atoms with Crippen molar-refractivity contribution < 1.29 is 13.9 Å². The molecule has 4 aromatic rings. The lowest BCUT2D eigenvalue weighted by atomic mass is 10.1. The maximum atomic E-state index is 13.7. The Labute approximate surface area is 159 Å². The molecular formula is C19H17FN6O2. The van der Waals surface area contributed by atoms with Gasteiger partial charge in [-0.25, -0.2) is 8.91 Å². The molecule has 0 spiro atoms. The zero-order chi connectivity index (χ0) is 19.7. The standard InChI is InChI=1S/C19H17FN6O2/c1-12-8-21-25(9-12)11-18(27)23-19-22-17-6-3-13(10-26(17)24-19)15-7-14(20)4-5-16(15)28-2/h3-10H,11H2,1-2H3,(H,23,24,27). The number of amides is 1. The Morgan fingerprint density at radius 2 is 2.11 bits per heavy atom. The van der Waals surface area contributed by atoms with Gasteiger partial charge in [0.2, 0.25) is 11.9 Å². The van der Waals surface area contributed by atoms with E-state index in [4.69, 9.17) is 4.74 Å². The van der Waals surface area contributed by atoms with E-state index >= 15 is 0 Å². The van der Waals surface area contributed by atoms with Gasteiger partial charge in [-0.3, -0.25) is 14.8 Å². The van der Waals surface area contributed by atoms with Crippen molar-refractivity contribution in [1.82, 2.24) is 24.4 Å². The topological polar surface area (TPSA) is 86.3 Å². The molecule has 1 aromatic carbocycles. The maximum Gasteiger partial charge on any atom is 0.249 e. The van der Waals surface area contributed by atoms with Crippen LogP contribution in [0.25, 0.3) is 16.8 Å². The Bertz CT molecular complexity index is 1170. The third kappa shape index (κ3) is 3.54. The molecule has 0 aliphatic rings. The lowest BCUT2D eigenvalue weighted by molar-refractivity contribution is -0.116. The summed E-state index contributed by atoms with van der Waals surface area (Å²) in [5.41, 5.74) is 2.82. The molecular weight excluding hydrogens is 363 g/mol. The van der Waals surface area contributed by atoms with E-state index in [9.17, 15) is 9.18 Å². The van der Waals surface area contributed by atoms with Crippen molar-refractivity contribution in [3.63, 3.8) is 0 Å². The summed E-state index contributed by atoms with van der Waals surface area (Å²) in [6.07, 6.45) is 5.15. The molecule has 3 heterocycles. The lowest BCUT2D eigenvalue weighted by Gasteiger charge is -2.08. The highest BCUT2D eigenvalue weighted by Gasteiger charge is 2.12. The number of pyridine rings is 1. The fourth-order valence-corrected chi connectivity index (χ4v) is 2.87. The summed E-state index contributed by atoms with van der Waals surface area (Å²) in [6, 6.07) is 7.83. The van der Waals surface area contributed by atoms with Crippen molar-refractivity contribution in [1.29, 1.82) is 0 Å². The van der Waals surface area contributed by atoms with Gasteiger partial charge in [0.25, 0.3) is 0 Å². The molecule has 0 bridgehead atoms. The van der Waals surface area contributed by atoms with Crippen LogP contribution in [0.3, 0.4) is 0 Å². The fourth-order valence-electron chi connectivity index (χ4n) is 2.87. The summed E-state index contributed by atoms with van der Waals surface area (Å²) < 4.78 is 22.0. The number of nitrogens with zero attached hydrogens (tertiary/aromatic N) is 5. The average molecular weight is 380 g/mol. The highest BCUT2D eigenvalue weighted by molar-refractivity contribution is 5.89. The third-order valence-electron chi connectivity index (χ3n) is 4.12. The number of rotatable bonds is 5. The quantitative estimate of drug-likeness (QED) is 0.575. The summed E-state index contributed by atoms with van der Waals surface area (Å²) in [4.78, 5) is 16.4. The molecule has 4 rings (SSSR count). The second-order valence-corrected chi connectivity index (χ2v) is 6.26. The van der Waals surface area contributed by atoms with E-state index in [1.54, 1.807) is 36.8 Å². The minimum atomic E-state index is -0.365. The van der Waals surface area contributed by atoms with Crippen LogP contribution in [0.15, 0.2) is 48.9 Å². The van der Waals surface area contributed by atoms with Crippen LogP contribution in [-0.4, -0.2) is 37.4 Å². The molecule has 0 aliphatic heterocycles. The number of hydrogen-bond donors (Lipinski definition) is 1. The summed E-state index contributed by atoms with van der Waals surface area (Å²) in [7, 11) is 1.53. The molecule has 8 nitrogen and oxygen atoms in total. The van der Waals surface area contributed by atoms with Crippen molar-refractivity contribution in [2.75, 3.05) is 12.4 Å². The number of ether oxygens (including phenoxy) is 1. The average Bonchev–Trinajstić information content (AvgIpc) is 3.25. The highest BCUT2D eigenvalue weighted by atomic mass is 19.1. The van der Waals surface area contributed by atoms with Gasteiger partial charge in [0.15, 0.2) is 5.65 Å². The van der Waals surface area contributed by atoms with Crippen LogP contribution in [-0.2, 0) is 11.3 Å². The molecule has 1 N–H and O–H groups in total. The highest BCUT2D eigenvalue weighted by Crippen LogP contribution is 2.30. The van der Waals surface area contributed by atoms with Gasteiger partial charge >= 0.3 is 0 Å². The summed E-state index contributed by atoms with van der Waals surface area (Å²) in [6.45, 7) is 1.96. The molecule has 0 unspecified atom stereocenters. The molecule has 0 atom stereocenters. The fraction of sp³-hybridized carbons (Fsp3) is 0.158. The zero-order valence-electron chi connectivity index (χ0n) is 15.3. The van der Waals surface area contributed by atoms with Crippen LogP contribution < -0.4 is 10.1 Å². The normalized spacial score (nSPS) is 11.0. The molecule has 9 heteroatoms. The molecule has 3 aromatic heterocycles. The van der Waals surface area contributed by atoms with Crippen molar-refractivity contribution in [2.45, 2.75) is 13.5 Å². The van der Waals surface area contributed by atoms with Gasteiger partial charge in [0.05, 0.1) is 13.3 Å². The molecule has 0 fully saturated rings. The monoisotopic (exact) mass is 380 g/mol. The minimum absolute atomic E-state index is 0.0646. The van der Waals surface area contributed by atoms with E-state index in [1.807, 2.05) is 6.92 Å². The molecule has 28 heavy (non-hydrogen) atoms. The van der Waals surface area contributed by atoms with Crippen LogP contribution >= 0.6 is 0 Å².